The van der Waals surface area contributed by atoms with E-state index in [1.54, 1.807) is 0 Å². The van der Waals surface area contributed by atoms with Crippen LogP contribution in [0.25, 0.3) is 0 Å². The third kappa shape index (κ3) is 5.63. The fourth-order valence-electron chi connectivity index (χ4n) is 2.04. The van der Waals surface area contributed by atoms with E-state index in [2.05, 4.69) is 22.4 Å². The summed E-state index contributed by atoms with van der Waals surface area (Å²) in [6.45, 7) is 6.19. The lowest BCUT2D eigenvalue weighted by Gasteiger charge is -2.07. The minimum atomic E-state index is -0.223. The van der Waals surface area contributed by atoms with E-state index in [-0.39, 0.29) is 12.5 Å². The first-order valence-corrected chi connectivity index (χ1v) is 8.72. The van der Waals surface area contributed by atoms with Gasteiger partial charge in [-0.25, -0.2) is 0 Å². The van der Waals surface area contributed by atoms with Gasteiger partial charge in [-0.2, -0.15) is 0 Å². The van der Waals surface area contributed by atoms with Gasteiger partial charge in [-0.1, -0.05) is 37.2 Å². The zero-order valence-electron chi connectivity index (χ0n) is 13.9. The molecule has 0 radical (unpaired) electrons. The Balaban J connectivity index is 1.79. The molecule has 6 heteroatoms. The highest BCUT2D eigenvalue weighted by Crippen LogP contribution is 2.18. The van der Waals surface area contributed by atoms with E-state index >= 15 is 0 Å². The SMILES string of the molecule is CCCCCc1nnc(NC(=O)COc2ccc(C)c(C)c2)s1. The zero-order chi connectivity index (χ0) is 16.7. The standard InChI is InChI=1S/C17H23N3O2S/c1-4-5-6-7-16-19-20-17(23-16)18-15(21)11-22-14-9-8-12(2)13(3)10-14/h8-10H,4-7,11H2,1-3H3,(H,18,20,21). The van der Waals surface area contributed by atoms with Crippen LogP contribution in [0.4, 0.5) is 5.13 Å². The predicted molar refractivity (Wildman–Crippen MR) is 93.2 cm³/mol. The highest BCUT2D eigenvalue weighted by Gasteiger charge is 2.09. The number of aryl methyl sites for hydroxylation is 3. The number of unbranched alkanes of at least 4 members (excludes halogenated alkanes) is 2. The fraction of sp³-hybridized carbons (Fsp3) is 0.471. The van der Waals surface area contributed by atoms with Gasteiger partial charge in [0.05, 0.1) is 0 Å². The largest absolute Gasteiger partial charge is 0.484 e. The van der Waals surface area contributed by atoms with Gasteiger partial charge in [0.15, 0.2) is 6.61 Å². The Morgan fingerprint density at radius 2 is 2.04 bits per heavy atom. The quantitative estimate of drug-likeness (QED) is 0.744. The molecule has 5 nitrogen and oxygen atoms in total. The van der Waals surface area contributed by atoms with E-state index in [0.29, 0.717) is 10.9 Å². The summed E-state index contributed by atoms with van der Waals surface area (Å²) in [5, 5.41) is 12.3. The molecule has 0 aliphatic rings. The summed E-state index contributed by atoms with van der Waals surface area (Å²) in [6.07, 6.45) is 4.39. The first-order chi connectivity index (χ1) is 11.1. The maximum atomic E-state index is 11.9. The van der Waals surface area contributed by atoms with Gasteiger partial charge >= 0.3 is 0 Å². The van der Waals surface area contributed by atoms with Crippen molar-refractivity contribution in [2.45, 2.75) is 46.5 Å². The Morgan fingerprint density at radius 1 is 1.22 bits per heavy atom. The Labute approximate surface area is 141 Å². The molecule has 0 saturated heterocycles. The van der Waals surface area contributed by atoms with Crippen LogP contribution < -0.4 is 10.1 Å². The van der Waals surface area contributed by atoms with Gasteiger partial charge in [0.25, 0.3) is 5.91 Å². The lowest BCUT2D eigenvalue weighted by molar-refractivity contribution is -0.118. The number of anilines is 1. The third-order valence-corrected chi connectivity index (χ3v) is 4.45. The van der Waals surface area contributed by atoms with Crippen LogP contribution in [-0.2, 0) is 11.2 Å². The molecule has 0 spiro atoms. The van der Waals surface area contributed by atoms with Gasteiger partial charge in [0.1, 0.15) is 10.8 Å². The number of amides is 1. The Morgan fingerprint density at radius 3 is 2.78 bits per heavy atom. The normalized spacial score (nSPS) is 10.6. The lowest BCUT2D eigenvalue weighted by Crippen LogP contribution is -2.20. The van der Waals surface area contributed by atoms with Crippen molar-refractivity contribution in [3.05, 3.63) is 34.3 Å². The summed E-state index contributed by atoms with van der Waals surface area (Å²) in [6, 6.07) is 5.78. The molecule has 0 unspecified atom stereocenters. The maximum absolute atomic E-state index is 11.9. The number of aromatic nitrogens is 2. The average molecular weight is 333 g/mol. The molecule has 0 atom stereocenters. The maximum Gasteiger partial charge on any atom is 0.264 e. The third-order valence-electron chi connectivity index (χ3n) is 3.56. The van der Waals surface area contributed by atoms with E-state index in [0.717, 1.165) is 23.4 Å². The number of nitrogens with zero attached hydrogens (tertiary/aromatic N) is 2. The van der Waals surface area contributed by atoms with Crippen LogP contribution in [-0.4, -0.2) is 22.7 Å². The minimum absolute atomic E-state index is 0.0345. The van der Waals surface area contributed by atoms with Crippen molar-refractivity contribution in [3.8, 4) is 5.75 Å². The van der Waals surface area contributed by atoms with Gasteiger partial charge in [-0.15, -0.1) is 10.2 Å². The molecule has 23 heavy (non-hydrogen) atoms. The fourth-order valence-corrected chi connectivity index (χ4v) is 2.84. The number of benzene rings is 1. The molecule has 0 aliphatic heterocycles. The monoisotopic (exact) mass is 333 g/mol. The minimum Gasteiger partial charge on any atom is -0.484 e. The van der Waals surface area contributed by atoms with Crippen molar-refractivity contribution in [2.75, 3.05) is 11.9 Å². The number of ether oxygens (including phenoxy) is 1. The number of hydrogen-bond acceptors (Lipinski definition) is 5. The molecule has 0 fully saturated rings. The van der Waals surface area contributed by atoms with Crippen LogP contribution >= 0.6 is 11.3 Å². The number of nitrogens with one attached hydrogen (secondary N) is 1. The van der Waals surface area contributed by atoms with E-state index < -0.39 is 0 Å². The van der Waals surface area contributed by atoms with Crippen molar-refractivity contribution in [1.29, 1.82) is 0 Å². The van der Waals surface area contributed by atoms with Crippen LogP contribution in [0, 0.1) is 13.8 Å². The zero-order valence-corrected chi connectivity index (χ0v) is 14.7. The smallest absolute Gasteiger partial charge is 0.264 e. The first-order valence-electron chi connectivity index (χ1n) is 7.90. The van der Waals surface area contributed by atoms with E-state index in [1.165, 1.54) is 29.7 Å². The van der Waals surface area contributed by atoms with Gasteiger partial charge in [0, 0.05) is 6.42 Å². The lowest BCUT2D eigenvalue weighted by atomic mass is 10.1. The molecular formula is C17H23N3O2S. The van der Waals surface area contributed by atoms with Crippen molar-refractivity contribution in [3.63, 3.8) is 0 Å². The molecule has 124 valence electrons. The Bertz CT molecular complexity index is 655. The molecule has 0 bridgehead atoms. The molecule has 1 aromatic heterocycles. The van der Waals surface area contributed by atoms with Crippen molar-refractivity contribution < 1.29 is 9.53 Å². The van der Waals surface area contributed by atoms with E-state index in [4.69, 9.17) is 4.74 Å². The Kier molecular flexibility index (Phi) is 6.52. The molecule has 2 aromatic rings. The summed E-state index contributed by atoms with van der Waals surface area (Å²) in [7, 11) is 0. The van der Waals surface area contributed by atoms with Crippen molar-refractivity contribution in [1.82, 2.24) is 10.2 Å². The summed E-state index contributed by atoms with van der Waals surface area (Å²) in [4.78, 5) is 11.9. The van der Waals surface area contributed by atoms with Crippen LogP contribution in [0.1, 0.15) is 42.3 Å². The molecule has 1 aromatic carbocycles. The highest BCUT2D eigenvalue weighted by atomic mass is 32.1. The molecule has 1 heterocycles. The summed E-state index contributed by atoms with van der Waals surface area (Å²) < 4.78 is 5.51. The predicted octanol–water partition coefficient (Wildman–Crippen LogP) is 3.91. The van der Waals surface area contributed by atoms with E-state index in [1.807, 2.05) is 32.0 Å². The molecule has 1 N–H and O–H groups in total. The summed E-state index contributed by atoms with van der Waals surface area (Å²) >= 11 is 1.43. The van der Waals surface area contributed by atoms with Crippen molar-refractivity contribution in [2.24, 2.45) is 0 Å². The number of hydrogen-bond donors (Lipinski definition) is 1. The second kappa shape index (κ2) is 8.62. The number of carbonyl (C=O) groups excluding carboxylic acids is 1. The highest BCUT2D eigenvalue weighted by molar-refractivity contribution is 7.15. The molecule has 2 rings (SSSR count). The number of carbonyl (C=O) groups is 1. The van der Waals surface area contributed by atoms with Gasteiger partial charge in [0.2, 0.25) is 5.13 Å². The first kappa shape index (κ1) is 17.4. The van der Waals surface area contributed by atoms with Gasteiger partial charge in [-0.3, -0.25) is 10.1 Å². The summed E-state index contributed by atoms with van der Waals surface area (Å²) in [5.74, 6) is 0.472. The number of rotatable bonds is 8. The van der Waals surface area contributed by atoms with E-state index in [9.17, 15) is 4.79 Å². The molecule has 1 amide bonds. The second-order valence-electron chi connectivity index (χ2n) is 5.54. The van der Waals surface area contributed by atoms with Gasteiger partial charge < -0.3 is 4.74 Å². The molecule has 0 aliphatic carbocycles. The van der Waals surface area contributed by atoms with Crippen LogP contribution in [0.15, 0.2) is 18.2 Å². The molecular weight excluding hydrogens is 310 g/mol. The van der Waals surface area contributed by atoms with Gasteiger partial charge in [-0.05, 0) is 43.5 Å². The van der Waals surface area contributed by atoms with Crippen LogP contribution in [0.5, 0.6) is 5.75 Å². The van der Waals surface area contributed by atoms with Crippen LogP contribution in [0.2, 0.25) is 0 Å². The van der Waals surface area contributed by atoms with Crippen LogP contribution in [0.3, 0.4) is 0 Å². The van der Waals surface area contributed by atoms with Crippen molar-refractivity contribution >= 4 is 22.4 Å². The second-order valence-corrected chi connectivity index (χ2v) is 6.60. The average Bonchev–Trinajstić information content (AvgIpc) is 2.96. The molecule has 0 saturated carbocycles. The summed E-state index contributed by atoms with van der Waals surface area (Å²) in [5.41, 5.74) is 2.34. The topological polar surface area (TPSA) is 64.1 Å². The Hall–Kier alpha value is -1.95.